The van der Waals surface area contributed by atoms with Gasteiger partial charge in [-0.3, -0.25) is 4.79 Å². The van der Waals surface area contributed by atoms with E-state index >= 15 is 0 Å². The number of aromatic nitrogens is 2. The molecule has 25 heavy (non-hydrogen) atoms. The van der Waals surface area contributed by atoms with Gasteiger partial charge in [0.2, 0.25) is 0 Å². The Balaban J connectivity index is 1.45. The summed E-state index contributed by atoms with van der Waals surface area (Å²) in [5.74, 6) is 0.842. The van der Waals surface area contributed by atoms with Crippen LogP contribution in [0.25, 0.3) is 5.65 Å². The van der Waals surface area contributed by atoms with Crippen LogP contribution in [0, 0.1) is 0 Å². The molecule has 0 unspecified atom stereocenters. The predicted octanol–water partition coefficient (Wildman–Crippen LogP) is 2.31. The van der Waals surface area contributed by atoms with E-state index in [1.807, 2.05) is 51.9 Å². The molecule has 0 radical (unpaired) electrons. The van der Waals surface area contributed by atoms with E-state index < -0.39 is 0 Å². The molecule has 0 spiro atoms. The molecule has 2 aromatic heterocycles. The maximum Gasteiger partial charge on any atom is 0.274 e. The Bertz CT molecular complexity index is 864. The number of fused-ring (bicyclic) bond motifs is 1. The Kier molecular flexibility index (Phi) is 4.01. The summed E-state index contributed by atoms with van der Waals surface area (Å²) in [5.41, 5.74) is 2.42. The van der Waals surface area contributed by atoms with Gasteiger partial charge < -0.3 is 18.9 Å². The van der Waals surface area contributed by atoms with Gasteiger partial charge in [0.15, 0.2) is 0 Å². The molecule has 6 heteroatoms. The highest BCUT2D eigenvalue weighted by atomic mass is 16.5. The Morgan fingerprint density at radius 1 is 1.08 bits per heavy atom. The molecule has 3 aromatic rings. The number of carbonyl (C=O) groups excluding carboxylic acids is 1. The number of pyridine rings is 1. The smallest absolute Gasteiger partial charge is 0.274 e. The molecule has 6 nitrogen and oxygen atoms in total. The van der Waals surface area contributed by atoms with Gasteiger partial charge in [-0.05, 0) is 24.3 Å². The number of ether oxygens (including phenoxy) is 1. The summed E-state index contributed by atoms with van der Waals surface area (Å²) in [6, 6.07) is 13.8. The molecule has 1 saturated heterocycles. The van der Waals surface area contributed by atoms with Gasteiger partial charge in [0.25, 0.3) is 5.91 Å². The average Bonchev–Trinajstić information content (AvgIpc) is 3.12. The first-order valence-corrected chi connectivity index (χ1v) is 8.36. The number of amides is 1. The van der Waals surface area contributed by atoms with E-state index in [9.17, 15) is 4.79 Å². The highest BCUT2D eigenvalue weighted by Gasteiger charge is 2.24. The number of imidazole rings is 1. The minimum atomic E-state index is -0.00556. The van der Waals surface area contributed by atoms with E-state index in [4.69, 9.17) is 4.74 Å². The molecule has 0 bridgehead atoms. The molecule has 1 aliphatic rings. The van der Waals surface area contributed by atoms with Crippen molar-refractivity contribution >= 4 is 17.2 Å². The van der Waals surface area contributed by atoms with Crippen molar-refractivity contribution in [3.63, 3.8) is 0 Å². The number of nitrogens with zero attached hydrogens (tertiary/aromatic N) is 4. The minimum Gasteiger partial charge on any atom is -0.497 e. The van der Waals surface area contributed by atoms with Crippen LogP contribution in [0.5, 0.6) is 5.75 Å². The fourth-order valence-corrected chi connectivity index (χ4v) is 3.17. The van der Waals surface area contributed by atoms with Crippen LogP contribution in [0.15, 0.2) is 54.9 Å². The van der Waals surface area contributed by atoms with Crippen molar-refractivity contribution in [2.75, 3.05) is 38.2 Å². The zero-order chi connectivity index (χ0) is 17.2. The predicted molar refractivity (Wildman–Crippen MR) is 96.3 cm³/mol. The third kappa shape index (κ3) is 3.03. The largest absolute Gasteiger partial charge is 0.497 e. The number of rotatable bonds is 3. The Hall–Kier alpha value is -3.02. The molecule has 3 heterocycles. The lowest BCUT2D eigenvalue weighted by atomic mass is 10.2. The molecule has 4 rings (SSSR count). The van der Waals surface area contributed by atoms with Crippen molar-refractivity contribution in [1.82, 2.24) is 14.3 Å². The molecule has 0 aliphatic carbocycles. The van der Waals surface area contributed by atoms with Gasteiger partial charge >= 0.3 is 0 Å². The van der Waals surface area contributed by atoms with Gasteiger partial charge in [0.05, 0.1) is 7.11 Å². The molecular weight excluding hydrogens is 316 g/mol. The maximum atomic E-state index is 12.7. The molecule has 1 fully saturated rings. The second-order valence-corrected chi connectivity index (χ2v) is 6.07. The van der Waals surface area contributed by atoms with Gasteiger partial charge in [0.1, 0.15) is 17.1 Å². The molecule has 0 atom stereocenters. The summed E-state index contributed by atoms with van der Waals surface area (Å²) >= 11 is 0. The van der Waals surface area contributed by atoms with Gasteiger partial charge in [-0.1, -0.05) is 12.1 Å². The third-order valence-electron chi connectivity index (χ3n) is 4.57. The van der Waals surface area contributed by atoms with Crippen molar-refractivity contribution in [1.29, 1.82) is 0 Å². The fourth-order valence-electron chi connectivity index (χ4n) is 3.17. The summed E-state index contributed by atoms with van der Waals surface area (Å²) in [6.45, 7) is 2.96. The highest BCUT2D eigenvalue weighted by Crippen LogP contribution is 2.22. The average molecular weight is 336 g/mol. The molecule has 1 amide bonds. The van der Waals surface area contributed by atoms with E-state index in [0.29, 0.717) is 18.8 Å². The van der Waals surface area contributed by atoms with E-state index in [1.165, 1.54) is 0 Å². The number of anilines is 1. The van der Waals surface area contributed by atoms with Crippen molar-refractivity contribution in [2.24, 2.45) is 0 Å². The fraction of sp³-hybridized carbons (Fsp3) is 0.263. The molecule has 128 valence electrons. The van der Waals surface area contributed by atoms with Gasteiger partial charge in [-0.2, -0.15) is 0 Å². The number of benzene rings is 1. The highest BCUT2D eigenvalue weighted by molar-refractivity contribution is 5.93. The van der Waals surface area contributed by atoms with Crippen LogP contribution in [-0.4, -0.2) is 53.5 Å². The summed E-state index contributed by atoms with van der Waals surface area (Å²) in [7, 11) is 1.67. The standard InChI is InChI=1S/C19H20N4O2/c1-25-16-6-4-5-15(13-16)21-9-11-22(12-10-21)19(24)17-14-23-8-3-2-7-18(23)20-17/h2-8,13-14H,9-12H2,1H3. The summed E-state index contributed by atoms with van der Waals surface area (Å²) in [4.78, 5) is 21.3. The Labute approximate surface area is 146 Å². The zero-order valence-corrected chi connectivity index (χ0v) is 14.1. The van der Waals surface area contributed by atoms with Crippen LogP contribution in [0.1, 0.15) is 10.5 Å². The normalized spacial score (nSPS) is 14.8. The molecule has 1 aromatic carbocycles. The molecule has 1 aliphatic heterocycles. The molecule has 0 saturated carbocycles. The van der Waals surface area contributed by atoms with Crippen LogP contribution in [0.3, 0.4) is 0 Å². The first kappa shape index (κ1) is 15.5. The Morgan fingerprint density at radius 3 is 2.68 bits per heavy atom. The second kappa shape index (κ2) is 6.47. The van der Waals surface area contributed by atoms with Gasteiger partial charge in [0, 0.05) is 50.3 Å². The summed E-state index contributed by atoms with van der Waals surface area (Å²) in [6.07, 6.45) is 3.70. The topological polar surface area (TPSA) is 50.1 Å². The lowest BCUT2D eigenvalue weighted by Gasteiger charge is -2.35. The lowest BCUT2D eigenvalue weighted by molar-refractivity contribution is 0.0741. The second-order valence-electron chi connectivity index (χ2n) is 6.07. The van der Waals surface area contributed by atoms with E-state index in [-0.39, 0.29) is 5.91 Å². The van der Waals surface area contributed by atoms with E-state index in [2.05, 4.69) is 16.0 Å². The quantitative estimate of drug-likeness (QED) is 0.736. The van der Waals surface area contributed by atoms with Crippen molar-refractivity contribution in [2.45, 2.75) is 0 Å². The van der Waals surface area contributed by atoms with Crippen LogP contribution >= 0.6 is 0 Å². The number of piperazine rings is 1. The number of carbonyl (C=O) groups is 1. The zero-order valence-electron chi connectivity index (χ0n) is 14.1. The van der Waals surface area contributed by atoms with Gasteiger partial charge in [-0.25, -0.2) is 4.98 Å². The first-order chi connectivity index (χ1) is 12.2. The van der Waals surface area contributed by atoms with E-state index in [1.54, 1.807) is 13.3 Å². The Morgan fingerprint density at radius 2 is 1.92 bits per heavy atom. The number of hydrogen-bond acceptors (Lipinski definition) is 4. The van der Waals surface area contributed by atoms with Crippen LogP contribution in [-0.2, 0) is 0 Å². The molecular formula is C19H20N4O2. The summed E-state index contributed by atoms with van der Waals surface area (Å²) in [5, 5.41) is 0. The van der Waals surface area contributed by atoms with Crippen molar-refractivity contribution < 1.29 is 9.53 Å². The number of hydrogen-bond donors (Lipinski definition) is 0. The van der Waals surface area contributed by atoms with Crippen LogP contribution < -0.4 is 9.64 Å². The first-order valence-electron chi connectivity index (χ1n) is 8.36. The maximum absolute atomic E-state index is 12.7. The summed E-state index contributed by atoms with van der Waals surface area (Å²) < 4.78 is 7.16. The third-order valence-corrected chi connectivity index (χ3v) is 4.57. The van der Waals surface area contributed by atoms with Crippen LogP contribution in [0.4, 0.5) is 5.69 Å². The van der Waals surface area contributed by atoms with Crippen molar-refractivity contribution in [3.05, 3.63) is 60.6 Å². The minimum absolute atomic E-state index is 0.00556. The SMILES string of the molecule is COc1cccc(N2CCN(C(=O)c3cn4ccccc4n3)CC2)c1. The monoisotopic (exact) mass is 336 g/mol. The lowest BCUT2D eigenvalue weighted by Crippen LogP contribution is -2.48. The van der Waals surface area contributed by atoms with Crippen molar-refractivity contribution in [3.8, 4) is 5.75 Å². The number of methoxy groups -OCH3 is 1. The van der Waals surface area contributed by atoms with E-state index in [0.717, 1.165) is 30.2 Å². The molecule has 0 N–H and O–H groups in total. The van der Waals surface area contributed by atoms with Gasteiger partial charge in [-0.15, -0.1) is 0 Å². The van der Waals surface area contributed by atoms with Crippen LogP contribution in [0.2, 0.25) is 0 Å².